The van der Waals surface area contributed by atoms with Crippen LogP contribution in [-0.4, -0.2) is 37.8 Å². The molecule has 1 aromatic carbocycles. The summed E-state index contributed by atoms with van der Waals surface area (Å²) in [6.07, 6.45) is 1.57. The van der Waals surface area contributed by atoms with E-state index >= 15 is 0 Å². The molecular weight excluding hydrogens is 258 g/mol. The number of hydrogen-bond donors (Lipinski definition) is 2. The summed E-state index contributed by atoms with van der Waals surface area (Å²) in [5.41, 5.74) is 7.24. The summed E-state index contributed by atoms with van der Waals surface area (Å²) >= 11 is 0. The quantitative estimate of drug-likeness (QED) is 0.727. The Morgan fingerprint density at radius 1 is 1.20 bits per heavy atom. The van der Waals surface area contributed by atoms with Gasteiger partial charge in [0.05, 0.1) is 17.6 Å². The lowest BCUT2D eigenvalue weighted by molar-refractivity contribution is 0.190. The van der Waals surface area contributed by atoms with Gasteiger partial charge in [0.25, 0.3) is 0 Å². The van der Waals surface area contributed by atoms with Gasteiger partial charge in [-0.15, -0.1) is 0 Å². The highest BCUT2D eigenvalue weighted by Crippen LogP contribution is 2.25. The van der Waals surface area contributed by atoms with Gasteiger partial charge in [-0.3, -0.25) is 0 Å². The molecule has 0 aliphatic rings. The Hall–Kier alpha value is -2.67. The second-order valence-corrected chi connectivity index (χ2v) is 4.06. The summed E-state index contributed by atoms with van der Waals surface area (Å²) in [6.45, 7) is 0.0685. The minimum absolute atomic E-state index is 0.0882. The van der Waals surface area contributed by atoms with Crippen molar-refractivity contribution in [2.24, 2.45) is 0 Å². The van der Waals surface area contributed by atoms with Gasteiger partial charge in [0.1, 0.15) is 12.4 Å². The van der Waals surface area contributed by atoms with Crippen LogP contribution in [0.1, 0.15) is 0 Å². The monoisotopic (exact) mass is 271 g/mol. The van der Waals surface area contributed by atoms with Crippen LogP contribution in [0.15, 0.2) is 36.5 Å². The minimum Gasteiger partial charge on any atom is -0.462 e. The van der Waals surface area contributed by atoms with E-state index in [4.69, 9.17) is 15.6 Å². The predicted molar refractivity (Wildman–Crippen MR) is 73.7 cm³/mol. The Balaban J connectivity index is 2.20. The summed E-state index contributed by atoms with van der Waals surface area (Å²) in [5, 5.41) is 8.90. The minimum atomic E-state index is -0.0882. The number of aliphatic hydroxyl groups excluding tert-OH is 1. The van der Waals surface area contributed by atoms with Crippen molar-refractivity contribution in [2.45, 2.75) is 0 Å². The van der Waals surface area contributed by atoms with Crippen LogP contribution in [0.3, 0.4) is 0 Å². The molecule has 20 heavy (non-hydrogen) atoms. The van der Waals surface area contributed by atoms with Gasteiger partial charge in [0.15, 0.2) is 0 Å². The Bertz CT molecular complexity index is 740. The molecule has 7 nitrogen and oxygen atoms in total. The van der Waals surface area contributed by atoms with Crippen molar-refractivity contribution in [3.05, 3.63) is 36.5 Å². The van der Waals surface area contributed by atoms with E-state index in [-0.39, 0.29) is 19.2 Å². The van der Waals surface area contributed by atoms with Gasteiger partial charge >= 0.3 is 6.01 Å². The zero-order valence-electron chi connectivity index (χ0n) is 10.6. The van der Waals surface area contributed by atoms with E-state index in [1.165, 1.54) is 0 Å². The van der Waals surface area contributed by atoms with Gasteiger partial charge in [0, 0.05) is 12.3 Å². The third kappa shape index (κ3) is 2.14. The number of hydrogen-bond acceptors (Lipinski definition) is 6. The molecule has 0 fully saturated rings. The molecule has 0 aliphatic carbocycles. The molecule has 102 valence electrons. The molecule has 0 saturated heterocycles. The zero-order valence-corrected chi connectivity index (χ0v) is 10.6. The summed E-state index contributed by atoms with van der Waals surface area (Å²) < 4.78 is 7.21. The van der Waals surface area contributed by atoms with E-state index in [2.05, 4.69) is 15.0 Å². The Labute approximate surface area is 114 Å². The number of benzene rings is 1. The molecule has 3 N–H and O–H groups in total. The number of nitrogens with zero attached hydrogens (tertiary/aromatic N) is 4. The third-order valence-electron chi connectivity index (χ3n) is 2.74. The van der Waals surface area contributed by atoms with Crippen LogP contribution >= 0.6 is 0 Å². The van der Waals surface area contributed by atoms with Crippen molar-refractivity contribution >= 4 is 17.0 Å². The number of nitrogens with two attached hydrogens (primary N) is 1. The fourth-order valence-electron chi connectivity index (χ4n) is 1.95. The SMILES string of the molecule is Nc1nccc(-n2c(OCCO)nc3ccccc32)n1. The van der Waals surface area contributed by atoms with E-state index in [1.54, 1.807) is 16.8 Å². The average molecular weight is 271 g/mol. The van der Waals surface area contributed by atoms with Crippen LogP contribution in [-0.2, 0) is 0 Å². The predicted octanol–water partition coefficient (Wildman–Crippen LogP) is 0.769. The Kier molecular flexibility index (Phi) is 3.18. The van der Waals surface area contributed by atoms with Crippen molar-refractivity contribution in [1.82, 2.24) is 19.5 Å². The molecular formula is C13H13N5O2. The molecule has 0 amide bonds. The van der Waals surface area contributed by atoms with Crippen LogP contribution in [0.25, 0.3) is 16.9 Å². The van der Waals surface area contributed by atoms with Crippen LogP contribution in [0.5, 0.6) is 6.01 Å². The van der Waals surface area contributed by atoms with Gasteiger partial charge in [-0.1, -0.05) is 12.1 Å². The van der Waals surface area contributed by atoms with E-state index in [1.807, 2.05) is 24.3 Å². The smallest absolute Gasteiger partial charge is 0.303 e. The Morgan fingerprint density at radius 3 is 2.85 bits per heavy atom. The first-order valence-corrected chi connectivity index (χ1v) is 6.09. The van der Waals surface area contributed by atoms with Crippen LogP contribution < -0.4 is 10.5 Å². The van der Waals surface area contributed by atoms with E-state index in [9.17, 15) is 0 Å². The fraction of sp³-hybridized carbons (Fsp3) is 0.154. The van der Waals surface area contributed by atoms with E-state index in [0.717, 1.165) is 11.0 Å². The first kappa shape index (κ1) is 12.4. The first-order chi connectivity index (χ1) is 9.79. The molecule has 3 aromatic rings. The number of aliphatic hydroxyl groups is 1. The molecule has 0 unspecified atom stereocenters. The lowest BCUT2D eigenvalue weighted by Gasteiger charge is -2.08. The zero-order chi connectivity index (χ0) is 13.9. The molecule has 0 bridgehead atoms. The molecule has 0 atom stereocenters. The number of imidazole rings is 1. The van der Waals surface area contributed by atoms with Crippen molar-refractivity contribution in [3.63, 3.8) is 0 Å². The highest BCUT2D eigenvalue weighted by Gasteiger charge is 2.14. The van der Waals surface area contributed by atoms with Gasteiger partial charge in [0.2, 0.25) is 5.95 Å². The molecule has 3 rings (SSSR count). The summed E-state index contributed by atoms with van der Waals surface area (Å²) in [7, 11) is 0. The van der Waals surface area contributed by atoms with Crippen molar-refractivity contribution in [2.75, 3.05) is 18.9 Å². The molecule has 0 radical (unpaired) electrons. The van der Waals surface area contributed by atoms with Crippen LogP contribution in [0.2, 0.25) is 0 Å². The highest BCUT2D eigenvalue weighted by molar-refractivity contribution is 5.78. The maximum Gasteiger partial charge on any atom is 0.303 e. The standard InChI is InChI=1S/C13H13N5O2/c14-12-15-6-5-11(17-12)18-10-4-2-1-3-9(10)16-13(18)20-8-7-19/h1-6,19H,7-8H2,(H2,14,15,17). The second-order valence-electron chi connectivity index (χ2n) is 4.06. The molecule has 0 spiro atoms. The largest absolute Gasteiger partial charge is 0.462 e. The van der Waals surface area contributed by atoms with Crippen LogP contribution in [0, 0.1) is 0 Å². The average Bonchev–Trinajstić information content (AvgIpc) is 2.83. The maximum atomic E-state index is 8.90. The number of aromatic nitrogens is 4. The number of rotatable bonds is 4. The van der Waals surface area contributed by atoms with Gasteiger partial charge in [-0.25, -0.2) is 9.55 Å². The first-order valence-electron chi connectivity index (χ1n) is 6.09. The van der Waals surface area contributed by atoms with E-state index in [0.29, 0.717) is 11.8 Å². The second kappa shape index (κ2) is 5.14. The highest BCUT2D eigenvalue weighted by atomic mass is 16.5. The number of ether oxygens (including phenoxy) is 1. The number of anilines is 1. The topological polar surface area (TPSA) is 99.1 Å². The van der Waals surface area contributed by atoms with Crippen LogP contribution in [0.4, 0.5) is 5.95 Å². The third-order valence-corrected chi connectivity index (χ3v) is 2.74. The maximum absolute atomic E-state index is 8.90. The lowest BCUT2D eigenvalue weighted by Crippen LogP contribution is -2.08. The van der Waals surface area contributed by atoms with Gasteiger partial charge in [-0.2, -0.15) is 9.97 Å². The normalized spacial score (nSPS) is 10.8. The fourth-order valence-corrected chi connectivity index (χ4v) is 1.95. The summed E-state index contributed by atoms with van der Waals surface area (Å²) in [6, 6.07) is 9.66. The van der Waals surface area contributed by atoms with Gasteiger partial charge in [-0.05, 0) is 12.1 Å². The molecule has 0 aliphatic heterocycles. The molecule has 2 aromatic heterocycles. The van der Waals surface area contributed by atoms with Gasteiger partial charge < -0.3 is 15.6 Å². The van der Waals surface area contributed by atoms with Crippen molar-refractivity contribution in [3.8, 4) is 11.8 Å². The molecule has 2 heterocycles. The lowest BCUT2D eigenvalue weighted by atomic mass is 10.3. The van der Waals surface area contributed by atoms with E-state index < -0.39 is 0 Å². The molecule has 7 heteroatoms. The molecule has 0 saturated carbocycles. The number of nitrogen functional groups attached to an aromatic ring is 1. The number of fused-ring (bicyclic) bond motifs is 1. The number of para-hydroxylation sites is 2. The van der Waals surface area contributed by atoms with Crippen molar-refractivity contribution in [1.29, 1.82) is 0 Å². The summed E-state index contributed by atoms with van der Waals surface area (Å²) in [4.78, 5) is 12.4. The summed E-state index contributed by atoms with van der Waals surface area (Å²) in [5.74, 6) is 0.743. The van der Waals surface area contributed by atoms with Crippen molar-refractivity contribution < 1.29 is 9.84 Å². The Morgan fingerprint density at radius 2 is 2.05 bits per heavy atom.